The minimum atomic E-state index is 0.636. The highest BCUT2D eigenvalue weighted by atomic mass is 79.9. The largest absolute Gasteiger partial charge is 0.495 e. The Morgan fingerprint density at radius 2 is 1.89 bits per heavy atom. The lowest BCUT2D eigenvalue weighted by Gasteiger charge is -2.12. The zero-order chi connectivity index (χ0) is 13.0. The van der Waals surface area contributed by atoms with Crippen LogP contribution in [-0.4, -0.2) is 7.11 Å². The van der Waals surface area contributed by atoms with Crippen LogP contribution < -0.4 is 15.8 Å². The van der Waals surface area contributed by atoms with Crippen molar-refractivity contribution in [2.45, 2.75) is 6.54 Å². The minimum absolute atomic E-state index is 0.636. The van der Waals surface area contributed by atoms with E-state index in [1.807, 2.05) is 30.3 Å². The van der Waals surface area contributed by atoms with Gasteiger partial charge in [-0.1, -0.05) is 34.1 Å². The molecule has 0 aliphatic heterocycles. The molecule has 0 aromatic heterocycles. The number of benzene rings is 2. The van der Waals surface area contributed by atoms with Gasteiger partial charge in [0.2, 0.25) is 0 Å². The predicted octanol–water partition coefficient (Wildman–Crippen LogP) is 3.65. The fraction of sp³-hybridized carbons (Fsp3) is 0.143. The van der Waals surface area contributed by atoms with Crippen molar-refractivity contribution in [1.29, 1.82) is 0 Å². The molecule has 0 fully saturated rings. The second-order valence-corrected chi connectivity index (χ2v) is 4.82. The van der Waals surface area contributed by atoms with Crippen LogP contribution in [0.5, 0.6) is 5.75 Å². The fourth-order valence-corrected chi connectivity index (χ4v) is 1.94. The molecule has 0 amide bonds. The number of nitrogen functional groups attached to an aromatic ring is 1. The van der Waals surface area contributed by atoms with Crippen LogP contribution >= 0.6 is 15.9 Å². The molecular formula is C14H15BrN2O. The normalized spacial score (nSPS) is 10.1. The Morgan fingerprint density at radius 1 is 1.17 bits per heavy atom. The number of hydrogen-bond donors (Lipinski definition) is 2. The van der Waals surface area contributed by atoms with Crippen molar-refractivity contribution in [2.75, 3.05) is 18.2 Å². The summed E-state index contributed by atoms with van der Waals surface area (Å²) in [4.78, 5) is 0. The topological polar surface area (TPSA) is 47.3 Å². The molecular weight excluding hydrogens is 292 g/mol. The second-order valence-electron chi connectivity index (χ2n) is 3.90. The number of hydrogen-bond acceptors (Lipinski definition) is 3. The van der Waals surface area contributed by atoms with E-state index in [1.54, 1.807) is 7.11 Å². The first-order valence-electron chi connectivity index (χ1n) is 5.61. The van der Waals surface area contributed by atoms with Gasteiger partial charge in [-0.15, -0.1) is 0 Å². The monoisotopic (exact) mass is 306 g/mol. The van der Waals surface area contributed by atoms with Gasteiger partial charge in [0.1, 0.15) is 5.75 Å². The molecule has 0 bridgehead atoms. The molecule has 0 spiro atoms. The number of para-hydroxylation sites is 1. The summed E-state index contributed by atoms with van der Waals surface area (Å²) in [5.74, 6) is 0.691. The van der Waals surface area contributed by atoms with Gasteiger partial charge in [-0.05, 0) is 29.8 Å². The molecule has 0 unspecified atom stereocenters. The van der Waals surface area contributed by atoms with Gasteiger partial charge in [-0.3, -0.25) is 0 Å². The molecule has 4 heteroatoms. The van der Waals surface area contributed by atoms with E-state index < -0.39 is 0 Å². The smallest absolute Gasteiger partial charge is 0.143 e. The van der Waals surface area contributed by atoms with Gasteiger partial charge < -0.3 is 15.8 Å². The van der Waals surface area contributed by atoms with Gasteiger partial charge in [-0.2, -0.15) is 0 Å². The number of methoxy groups -OCH3 is 1. The van der Waals surface area contributed by atoms with Gasteiger partial charge in [0, 0.05) is 11.0 Å². The number of halogens is 1. The number of rotatable bonds is 4. The van der Waals surface area contributed by atoms with Crippen molar-refractivity contribution in [3.05, 3.63) is 52.5 Å². The highest BCUT2D eigenvalue weighted by Gasteiger charge is 2.04. The Balaban J connectivity index is 2.08. The van der Waals surface area contributed by atoms with Gasteiger partial charge in [0.25, 0.3) is 0 Å². The Hall–Kier alpha value is -1.68. The molecule has 2 aromatic carbocycles. The van der Waals surface area contributed by atoms with Crippen molar-refractivity contribution in [3.63, 3.8) is 0 Å². The lowest BCUT2D eigenvalue weighted by Crippen LogP contribution is -2.03. The highest BCUT2D eigenvalue weighted by Crippen LogP contribution is 2.29. The van der Waals surface area contributed by atoms with Crippen LogP contribution in [0.3, 0.4) is 0 Å². The van der Waals surface area contributed by atoms with E-state index in [9.17, 15) is 0 Å². The van der Waals surface area contributed by atoms with Crippen molar-refractivity contribution < 1.29 is 4.74 Å². The van der Waals surface area contributed by atoms with Crippen LogP contribution in [0.1, 0.15) is 5.56 Å². The Kier molecular flexibility index (Phi) is 4.10. The molecule has 0 aliphatic rings. The average Bonchev–Trinajstić information content (AvgIpc) is 2.39. The summed E-state index contributed by atoms with van der Waals surface area (Å²) in [5.41, 5.74) is 8.70. The summed E-state index contributed by atoms with van der Waals surface area (Å²) in [7, 11) is 1.62. The molecule has 94 valence electrons. The minimum Gasteiger partial charge on any atom is -0.495 e. The van der Waals surface area contributed by atoms with Crippen LogP contribution in [0, 0.1) is 0 Å². The molecule has 18 heavy (non-hydrogen) atoms. The van der Waals surface area contributed by atoms with Crippen molar-refractivity contribution in [2.24, 2.45) is 0 Å². The van der Waals surface area contributed by atoms with Crippen molar-refractivity contribution >= 4 is 27.3 Å². The second kappa shape index (κ2) is 5.78. The summed E-state index contributed by atoms with van der Waals surface area (Å²) < 4.78 is 6.26. The van der Waals surface area contributed by atoms with Gasteiger partial charge in [0.15, 0.2) is 0 Å². The first kappa shape index (κ1) is 12.8. The molecule has 0 saturated carbocycles. The third-order valence-corrected chi connectivity index (χ3v) is 3.21. The highest BCUT2D eigenvalue weighted by molar-refractivity contribution is 9.10. The summed E-state index contributed by atoms with van der Waals surface area (Å²) in [6.45, 7) is 0.727. The van der Waals surface area contributed by atoms with Crippen LogP contribution in [0.15, 0.2) is 46.9 Å². The van der Waals surface area contributed by atoms with Crippen molar-refractivity contribution in [1.82, 2.24) is 0 Å². The molecule has 0 saturated heterocycles. The van der Waals surface area contributed by atoms with Crippen LogP contribution in [0.2, 0.25) is 0 Å². The summed E-state index contributed by atoms with van der Waals surface area (Å²) in [6, 6.07) is 13.9. The molecule has 0 aliphatic carbocycles. The van der Waals surface area contributed by atoms with Gasteiger partial charge >= 0.3 is 0 Å². The molecule has 2 aromatic rings. The fourth-order valence-electron chi connectivity index (χ4n) is 1.68. The Labute approximate surface area is 115 Å². The standard InChI is InChI=1S/C14H15BrN2O/c1-18-13-4-2-3-12(14(13)16)17-9-10-5-7-11(15)8-6-10/h2-8,17H,9,16H2,1H3. The maximum Gasteiger partial charge on any atom is 0.143 e. The van der Waals surface area contributed by atoms with Crippen molar-refractivity contribution in [3.8, 4) is 5.75 Å². The first-order chi connectivity index (χ1) is 8.70. The molecule has 0 radical (unpaired) electrons. The van der Waals surface area contributed by atoms with Gasteiger partial charge in [0.05, 0.1) is 18.5 Å². The van der Waals surface area contributed by atoms with E-state index in [-0.39, 0.29) is 0 Å². The number of anilines is 2. The molecule has 0 atom stereocenters. The lowest BCUT2D eigenvalue weighted by molar-refractivity contribution is 0.417. The summed E-state index contributed by atoms with van der Waals surface area (Å²) >= 11 is 3.42. The SMILES string of the molecule is COc1cccc(NCc2ccc(Br)cc2)c1N. The van der Waals surface area contributed by atoms with E-state index in [0.717, 1.165) is 16.7 Å². The van der Waals surface area contributed by atoms with Gasteiger partial charge in [-0.25, -0.2) is 0 Å². The van der Waals surface area contributed by atoms with E-state index in [1.165, 1.54) is 5.56 Å². The molecule has 0 heterocycles. The zero-order valence-electron chi connectivity index (χ0n) is 10.1. The van der Waals surface area contributed by atoms with E-state index in [2.05, 4.69) is 33.4 Å². The van der Waals surface area contributed by atoms with Crippen LogP contribution in [0.25, 0.3) is 0 Å². The molecule has 3 N–H and O–H groups in total. The maximum atomic E-state index is 5.99. The third-order valence-electron chi connectivity index (χ3n) is 2.68. The summed E-state index contributed by atoms with van der Waals surface area (Å²) in [6.07, 6.45) is 0. The van der Waals surface area contributed by atoms with E-state index in [4.69, 9.17) is 10.5 Å². The Bertz CT molecular complexity index is 526. The molecule has 3 nitrogen and oxygen atoms in total. The average molecular weight is 307 g/mol. The first-order valence-corrected chi connectivity index (χ1v) is 6.41. The Morgan fingerprint density at radius 3 is 2.56 bits per heavy atom. The maximum absolute atomic E-state index is 5.99. The lowest BCUT2D eigenvalue weighted by atomic mass is 10.2. The number of nitrogens with one attached hydrogen (secondary N) is 1. The third kappa shape index (κ3) is 2.96. The van der Waals surface area contributed by atoms with E-state index >= 15 is 0 Å². The summed E-state index contributed by atoms with van der Waals surface area (Å²) in [5, 5.41) is 3.30. The van der Waals surface area contributed by atoms with E-state index in [0.29, 0.717) is 11.4 Å². The quantitative estimate of drug-likeness (QED) is 0.848. The number of nitrogens with two attached hydrogens (primary N) is 1. The van der Waals surface area contributed by atoms with Crippen LogP contribution in [0.4, 0.5) is 11.4 Å². The number of ether oxygens (including phenoxy) is 1. The molecule has 2 rings (SSSR count). The zero-order valence-corrected chi connectivity index (χ0v) is 11.7. The predicted molar refractivity (Wildman–Crippen MR) is 78.9 cm³/mol. The van der Waals surface area contributed by atoms with Crippen LogP contribution in [-0.2, 0) is 6.54 Å².